The molecule has 3 aromatic carbocycles. The van der Waals surface area contributed by atoms with Gasteiger partial charge in [0.15, 0.2) is 0 Å². The van der Waals surface area contributed by atoms with Crippen molar-refractivity contribution in [3.8, 4) is 5.75 Å². The van der Waals surface area contributed by atoms with Crippen molar-refractivity contribution in [3.63, 3.8) is 0 Å². The maximum absolute atomic E-state index is 11.6. The van der Waals surface area contributed by atoms with E-state index in [1.807, 2.05) is 18.2 Å². The van der Waals surface area contributed by atoms with Crippen LogP contribution >= 0.6 is 0 Å². The Hall–Kier alpha value is -2.61. The number of carbonyl (C=O) groups is 1. The SMILES string of the molecule is C=C(C)C(=O)Oc1ccc2c(ccc3cc(C)ccc32)c1. The van der Waals surface area contributed by atoms with E-state index in [0.717, 1.165) is 10.8 Å². The summed E-state index contributed by atoms with van der Waals surface area (Å²) in [5.74, 6) is 0.146. The van der Waals surface area contributed by atoms with Gasteiger partial charge in [-0.05, 0) is 47.5 Å². The van der Waals surface area contributed by atoms with Crippen LogP contribution in [0.2, 0.25) is 0 Å². The van der Waals surface area contributed by atoms with Crippen LogP contribution < -0.4 is 4.74 Å². The Bertz CT molecular complexity index is 875. The van der Waals surface area contributed by atoms with Gasteiger partial charge in [-0.25, -0.2) is 4.79 Å². The van der Waals surface area contributed by atoms with Crippen LogP contribution in [0.5, 0.6) is 5.75 Å². The summed E-state index contributed by atoms with van der Waals surface area (Å²) in [6, 6.07) is 16.3. The Balaban J connectivity index is 2.11. The van der Waals surface area contributed by atoms with Crippen molar-refractivity contribution in [2.45, 2.75) is 13.8 Å². The van der Waals surface area contributed by atoms with E-state index in [0.29, 0.717) is 11.3 Å². The summed E-state index contributed by atoms with van der Waals surface area (Å²) in [6.45, 7) is 7.31. The molecular weight excluding hydrogens is 260 g/mol. The van der Waals surface area contributed by atoms with Crippen LogP contribution in [0.15, 0.2) is 60.7 Å². The van der Waals surface area contributed by atoms with Gasteiger partial charge in [0.2, 0.25) is 0 Å². The smallest absolute Gasteiger partial charge is 0.338 e. The lowest BCUT2D eigenvalue weighted by molar-refractivity contribution is -0.130. The maximum atomic E-state index is 11.6. The van der Waals surface area contributed by atoms with Crippen LogP contribution in [0, 0.1) is 6.92 Å². The first-order valence-corrected chi connectivity index (χ1v) is 6.85. The molecule has 0 N–H and O–H groups in total. The highest BCUT2D eigenvalue weighted by Gasteiger charge is 2.07. The molecule has 0 aliphatic heterocycles. The number of hydrogen-bond donors (Lipinski definition) is 0. The van der Waals surface area contributed by atoms with E-state index in [1.54, 1.807) is 6.92 Å². The molecule has 0 heterocycles. The zero-order valence-corrected chi connectivity index (χ0v) is 12.1. The first-order chi connectivity index (χ1) is 10.0. The molecule has 21 heavy (non-hydrogen) atoms. The average Bonchev–Trinajstić information content (AvgIpc) is 2.46. The van der Waals surface area contributed by atoms with Crippen LogP contribution in [0.3, 0.4) is 0 Å². The van der Waals surface area contributed by atoms with Crippen molar-refractivity contribution in [1.82, 2.24) is 0 Å². The molecule has 2 heteroatoms. The Kier molecular flexibility index (Phi) is 3.22. The predicted octanol–water partition coefficient (Wildman–Crippen LogP) is 4.78. The van der Waals surface area contributed by atoms with Gasteiger partial charge >= 0.3 is 5.97 Å². The van der Waals surface area contributed by atoms with E-state index < -0.39 is 5.97 Å². The Morgan fingerprint density at radius 1 is 0.952 bits per heavy atom. The summed E-state index contributed by atoms with van der Waals surface area (Å²) in [5, 5.41) is 4.63. The molecule has 0 atom stereocenters. The summed E-state index contributed by atoms with van der Waals surface area (Å²) in [6.07, 6.45) is 0. The van der Waals surface area contributed by atoms with E-state index in [4.69, 9.17) is 4.74 Å². The Labute approximate surface area is 123 Å². The number of aryl methyl sites for hydroxylation is 1. The number of benzene rings is 3. The van der Waals surface area contributed by atoms with Crippen LogP contribution in [-0.4, -0.2) is 5.97 Å². The summed E-state index contributed by atoms with van der Waals surface area (Å²) >= 11 is 0. The molecule has 0 spiro atoms. The van der Waals surface area contributed by atoms with Crippen LogP contribution in [0.25, 0.3) is 21.5 Å². The molecular formula is C19H16O2. The first kappa shape index (κ1) is 13.4. The highest BCUT2D eigenvalue weighted by molar-refractivity contribution is 6.08. The second-order valence-electron chi connectivity index (χ2n) is 5.34. The summed E-state index contributed by atoms with van der Waals surface area (Å²) in [4.78, 5) is 11.6. The minimum atomic E-state index is -0.397. The molecule has 3 aromatic rings. The summed E-state index contributed by atoms with van der Waals surface area (Å²) in [7, 11) is 0. The lowest BCUT2D eigenvalue weighted by Crippen LogP contribution is -2.07. The number of fused-ring (bicyclic) bond motifs is 3. The van der Waals surface area contributed by atoms with Gasteiger partial charge in [-0.15, -0.1) is 0 Å². The zero-order valence-electron chi connectivity index (χ0n) is 12.1. The van der Waals surface area contributed by atoms with Crippen molar-refractivity contribution < 1.29 is 9.53 Å². The third kappa shape index (κ3) is 2.52. The minimum absolute atomic E-state index is 0.393. The average molecular weight is 276 g/mol. The number of rotatable bonds is 2. The predicted molar refractivity (Wildman–Crippen MR) is 86.6 cm³/mol. The zero-order chi connectivity index (χ0) is 15.0. The second-order valence-corrected chi connectivity index (χ2v) is 5.34. The van der Waals surface area contributed by atoms with Gasteiger partial charge in [0.25, 0.3) is 0 Å². The third-order valence-electron chi connectivity index (χ3n) is 3.52. The standard InChI is InChI=1S/C19H16O2/c1-12(2)19(20)21-16-7-9-18-15(11-16)6-5-14-10-13(3)4-8-17(14)18/h4-11H,1H2,2-3H3. The van der Waals surface area contributed by atoms with Crippen LogP contribution in [0.1, 0.15) is 12.5 Å². The Morgan fingerprint density at radius 2 is 1.57 bits per heavy atom. The lowest BCUT2D eigenvalue weighted by atomic mass is 10.0. The second kappa shape index (κ2) is 5.06. The van der Waals surface area contributed by atoms with Gasteiger partial charge < -0.3 is 4.74 Å². The minimum Gasteiger partial charge on any atom is -0.423 e. The fraction of sp³-hybridized carbons (Fsp3) is 0.105. The molecule has 0 bridgehead atoms. The summed E-state index contributed by atoms with van der Waals surface area (Å²) in [5.41, 5.74) is 1.64. The van der Waals surface area contributed by atoms with Crippen LogP contribution in [-0.2, 0) is 4.79 Å². The van der Waals surface area contributed by atoms with Crippen molar-refractivity contribution in [3.05, 3.63) is 66.2 Å². The van der Waals surface area contributed by atoms with Crippen molar-refractivity contribution in [2.75, 3.05) is 0 Å². The molecule has 0 radical (unpaired) electrons. The molecule has 0 aliphatic rings. The lowest BCUT2D eigenvalue weighted by Gasteiger charge is -2.08. The number of ether oxygens (including phenoxy) is 1. The molecule has 3 rings (SSSR count). The molecule has 0 aromatic heterocycles. The van der Waals surface area contributed by atoms with Gasteiger partial charge in [-0.2, -0.15) is 0 Å². The van der Waals surface area contributed by atoms with Crippen molar-refractivity contribution in [2.24, 2.45) is 0 Å². The number of esters is 1. The van der Waals surface area contributed by atoms with E-state index in [9.17, 15) is 4.79 Å². The van der Waals surface area contributed by atoms with E-state index in [-0.39, 0.29) is 0 Å². The van der Waals surface area contributed by atoms with Gasteiger partial charge in [-0.3, -0.25) is 0 Å². The fourth-order valence-electron chi connectivity index (χ4n) is 2.43. The van der Waals surface area contributed by atoms with Gasteiger partial charge in [0.05, 0.1) is 0 Å². The number of carbonyl (C=O) groups excluding carboxylic acids is 1. The quantitative estimate of drug-likeness (QED) is 0.291. The molecule has 104 valence electrons. The number of hydrogen-bond acceptors (Lipinski definition) is 2. The van der Waals surface area contributed by atoms with Crippen molar-refractivity contribution in [1.29, 1.82) is 0 Å². The first-order valence-electron chi connectivity index (χ1n) is 6.85. The highest BCUT2D eigenvalue weighted by atomic mass is 16.5. The normalized spacial score (nSPS) is 10.8. The topological polar surface area (TPSA) is 26.3 Å². The van der Waals surface area contributed by atoms with Gasteiger partial charge in [0, 0.05) is 5.57 Å². The molecule has 0 amide bonds. The molecule has 2 nitrogen and oxygen atoms in total. The maximum Gasteiger partial charge on any atom is 0.338 e. The molecule has 0 fully saturated rings. The monoisotopic (exact) mass is 276 g/mol. The third-order valence-corrected chi connectivity index (χ3v) is 3.52. The van der Waals surface area contributed by atoms with E-state index in [2.05, 4.69) is 43.8 Å². The molecule has 0 saturated heterocycles. The summed E-state index contributed by atoms with van der Waals surface area (Å²) < 4.78 is 5.28. The largest absolute Gasteiger partial charge is 0.423 e. The van der Waals surface area contributed by atoms with E-state index in [1.165, 1.54) is 16.3 Å². The Morgan fingerprint density at radius 3 is 2.24 bits per heavy atom. The van der Waals surface area contributed by atoms with Gasteiger partial charge in [0.1, 0.15) is 5.75 Å². The molecule has 0 aliphatic carbocycles. The fourth-order valence-corrected chi connectivity index (χ4v) is 2.43. The van der Waals surface area contributed by atoms with Gasteiger partial charge in [-0.1, -0.05) is 48.5 Å². The molecule has 0 saturated carbocycles. The molecule has 0 unspecified atom stereocenters. The van der Waals surface area contributed by atoms with Crippen molar-refractivity contribution >= 4 is 27.5 Å². The van der Waals surface area contributed by atoms with E-state index >= 15 is 0 Å². The van der Waals surface area contributed by atoms with Crippen LogP contribution in [0.4, 0.5) is 0 Å². The highest BCUT2D eigenvalue weighted by Crippen LogP contribution is 2.29.